The van der Waals surface area contributed by atoms with Gasteiger partial charge in [-0.15, -0.1) is 0 Å². The van der Waals surface area contributed by atoms with Crippen molar-refractivity contribution in [3.05, 3.63) is 0 Å². The van der Waals surface area contributed by atoms with Crippen LogP contribution in [0.15, 0.2) is 0 Å². The third-order valence-corrected chi connectivity index (χ3v) is 1.69. The molecule has 0 fully saturated rings. The summed E-state index contributed by atoms with van der Waals surface area (Å²) in [5, 5.41) is 0. The fourth-order valence-corrected chi connectivity index (χ4v) is 1.02. The Labute approximate surface area is 82.5 Å². The van der Waals surface area contributed by atoms with Crippen LogP contribution in [0.25, 0.3) is 0 Å². The molecule has 0 aliphatic heterocycles. The molecule has 0 N–H and O–H groups in total. The predicted molar refractivity (Wildman–Crippen MR) is 34.7 cm³/mol. The van der Waals surface area contributed by atoms with Crippen LogP contribution in [-0.4, -0.2) is 9.76 Å². The maximum atomic E-state index is 9.92. The van der Waals surface area contributed by atoms with Gasteiger partial charge >= 0.3 is 29.6 Å². The average molecular weight is 152 g/mol. The molecule has 48 valence electrons. The van der Waals surface area contributed by atoms with Crippen molar-refractivity contribution in [2.24, 2.45) is 0 Å². The molecule has 1 nitrogen and oxygen atoms in total. The van der Waals surface area contributed by atoms with Gasteiger partial charge in [-0.2, -0.15) is 0 Å². The van der Waals surface area contributed by atoms with E-state index in [1.165, 1.54) is 19.3 Å². The van der Waals surface area contributed by atoms with Crippen LogP contribution in [0.5, 0.6) is 0 Å². The van der Waals surface area contributed by atoms with Crippen molar-refractivity contribution in [1.29, 1.82) is 0 Å². The summed E-state index contributed by atoms with van der Waals surface area (Å²) >= 11 is 0. The Morgan fingerprint density at radius 2 is 1.89 bits per heavy atom. The zero-order chi connectivity index (χ0) is 6.24. The Bertz CT molecular complexity index is 38.0. The largest absolute Gasteiger partial charge is 1.00 e. The summed E-state index contributed by atoms with van der Waals surface area (Å²) in [4.78, 5) is 9.92. The molecule has 3 heteroatoms. The van der Waals surface area contributed by atoms with E-state index >= 15 is 0 Å². The van der Waals surface area contributed by atoms with Gasteiger partial charge in [0.1, 0.15) is 0 Å². The van der Waals surface area contributed by atoms with E-state index in [0.717, 1.165) is 12.5 Å². The second-order valence-corrected chi connectivity index (χ2v) is 2.74. The van der Waals surface area contributed by atoms with Crippen LogP contribution in [0.1, 0.15) is 32.6 Å². The van der Waals surface area contributed by atoms with Gasteiger partial charge in [-0.25, -0.2) is 0 Å². The van der Waals surface area contributed by atoms with Crippen molar-refractivity contribution in [3.63, 3.8) is 0 Å². The average Bonchev–Trinajstić information content (AvgIpc) is 1.81. The van der Waals surface area contributed by atoms with Crippen LogP contribution >= 0.6 is 0 Å². The van der Waals surface area contributed by atoms with Gasteiger partial charge in [0.05, 0.1) is 0 Å². The van der Waals surface area contributed by atoms with Crippen molar-refractivity contribution in [2.45, 2.75) is 38.7 Å². The Kier molecular flexibility index (Phi) is 17.0. The molecule has 9 heavy (non-hydrogen) atoms. The van der Waals surface area contributed by atoms with Gasteiger partial charge in [0.25, 0.3) is 0 Å². The molecule has 0 aliphatic carbocycles. The van der Waals surface area contributed by atoms with E-state index in [4.69, 9.17) is 0 Å². The summed E-state index contributed by atoms with van der Waals surface area (Å²) in [7, 11) is -0.0810. The molecule has 0 aromatic heterocycles. The van der Waals surface area contributed by atoms with Gasteiger partial charge in [0.15, 0.2) is 0 Å². The second kappa shape index (κ2) is 11.9. The third-order valence-electron chi connectivity index (χ3n) is 1.13. The van der Waals surface area contributed by atoms with E-state index in [0.29, 0.717) is 0 Å². The first-order valence-electron chi connectivity index (χ1n) is 3.26. The van der Waals surface area contributed by atoms with E-state index in [2.05, 4.69) is 6.92 Å². The Hall–Kier alpha value is 1.18. The van der Waals surface area contributed by atoms with Crippen LogP contribution < -0.4 is 34.4 Å². The van der Waals surface area contributed by atoms with Gasteiger partial charge in [0, 0.05) is 0 Å². The molecule has 0 saturated heterocycles. The second-order valence-electron chi connectivity index (χ2n) is 1.95. The van der Waals surface area contributed by atoms with E-state index in [-0.39, 0.29) is 39.3 Å². The molecule has 0 heterocycles. The van der Waals surface area contributed by atoms with E-state index < -0.39 is 0 Å². The minimum Gasteiger partial charge on any atom is -0.863 e. The summed E-state index contributed by atoms with van der Waals surface area (Å²) in [5.74, 6) is 0. The minimum absolute atomic E-state index is 0. The number of hydrogen-bond acceptors (Lipinski definition) is 1. The smallest absolute Gasteiger partial charge is 0.863 e. The summed E-state index contributed by atoms with van der Waals surface area (Å²) in [5.41, 5.74) is 0. The van der Waals surface area contributed by atoms with E-state index in [1.807, 2.05) is 0 Å². The summed E-state index contributed by atoms with van der Waals surface area (Å²) in [6.07, 6.45) is 4.97. The standard InChI is InChI=1S/C6H13OSi.Na/c1-2-3-4-5-6-8-7;/h2-6H2,1H3;/q-1;+1. The van der Waals surface area contributed by atoms with Crippen LogP contribution in [0.4, 0.5) is 0 Å². The Morgan fingerprint density at radius 1 is 1.22 bits per heavy atom. The Morgan fingerprint density at radius 3 is 2.33 bits per heavy atom. The molecular weight excluding hydrogens is 139 g/mol. The zero-order valence-electron chi connectivity index (χ0n) is 6.44. The van der Waals surface area contributed by atoms with Crippen molar-refractivity contribution in [1.82, 2.24) is 0 Å². The number of rotatable bonds is 5. The molecule has 0 amide bonds. The predicted octanol–water partition coefficient (Wildman–Crippen LogP) is -2.03. The van der Waals surface area contributed by atoms with Gasteiger partial charge in [-0.05, 0) is 0 Å². The molecule has 0 saturated carbocycles. The number of hydrogen-bond donors (Lipinski definition) is 0. The molecule has 0 spiro atoms. The first-order chi connectivity index (χ1) is 3.91. The topological polar surface area (TPSA) is 23.1 Å². The Balaban J connectivity index is 0. The van der Waals surface area contributed by atoms with Crippen molar-refractivity contribution in [2.75, 3.05) is 0 Å². The van der Waals surface area contributed by atoms with Crippen molar-refractivity contribution in [3.8, 4) is 0 Å². The monoisotopic (exact) mass is 152 g/mol. The molecule has 0 aromatic rings. The molecule has 0 aromatic carbocycles. The molecule has 2 radical (unpaired) electrons. The zero-order valence-corrected chi connectivity index (χ0v) is 9.44. The van der Waals surface area contributed by atoms with Gasteiger partial charge in [-0.3, -0.25) is 0 Å². The molecule has 0 bridgehead atoms. The van der Waals surface area contributed by atoms with Gasteiger partial charge < -0.3 is 4.80 Å². The van der Waals surface area contributed by atoms with E-state index in [1.54, 1.807) is 0 Å². The SMILES string of the molecule is CCCCCC[Si][O-].[Na+]. The van der Waals surface area contributed by atoms with Crippen molar-refractivity contribution < 1.29 is 34.4 Å². The quantitative estimate of drug-likeness (QED) is 0.329. The molecule has 0 unspecified atom stereocenters. The van der Waals surface area contributed by atoms with Crippen LogP contribution in [0, 0.1) is 0 Å². The first-order valence-corrected chi connectivity index (χ1v) is 4.38. The van der Waals surface area contributed by atoms with Crippen molar-refractivity contribution >= 4 is 9.76 Å². The maximum Gasteiger partial charge on any atom is 1.00 e. The summed E-state index contributed by atoms with van der Waals surface area (Å²) in [6, 6.07) is 0.903. The minimum atomic E-state index is -0.0810. The molecule has 0 atom stereocenters. The van der Waals surface area contributed by atoms with Crippen LogP contribution in [0.3, 0.4) is 0 Å². The molecular formula is C6H13NaOSi. The van der Waals surface area contributed by atoms with E-state index in [9.17, 15) is 4.80 Å². The van der Waals surface area contributed by atoms with Crippen LogP contribution in [-0.2, 0) is 0 Å². The summed E-state index contributed by atoms with van der Waals surface area (Å²) in [6.45, 7) is 2.18. The number of unbranched alkanes of at least 4 members (excludes halogenated alkanes) is 3. The van der Waals surface area contributed by atoms with Crippen LogP contribution in [0.2, 0.25) is 6.04 Å². The van der Waals surface area contributed by atoms with Gasteiger partial charge in [-0.1, -0.05) is 48.4 Å². The maximum absolute atomic E-state index is 9.92. The molecule has 0 aliphatic rings. The fraction of sp³-hybridized carbons (Fsp3) is 1.00. The fourth-order valence-electron chi connectivity index (χ4n) is 0.624. The third kappa shape index (κ3) is 12.4. The molecule has 0 rings (SSSR count). The normalized spacial score (nSPS) is 8.67. The first kappa shape index (κ1) is 12.8. The van der Waals surface area contributed by atoms with Gasteiger partial charge in [0.2, 0.25) is 0 Å². The summed E-state index contributed by atoms with van der Waals surface area (Å²) < 4.78 is 0.